The van der Waals surface area contributed by atoms with Crippen LogP contribution in [0.25, 0.3) is 11.8 Å². The third-order valence-corrected chi connectivity index (χ3v) is 2.52. The number of aromatic nitrogens is 2. The lowest BCUT2D eigenvalue weighted by atomic mass is 10.2. The van der Waals surface area contributed by atoms with E-state index in [2.05, 4.69) is 4.98 Å². The molecule has 1 aromatic heterocycles. The second-order valence-electron chi connectivity index (χ2n) is 3.35. The number of carboxylic acids is 1. The summed E-state index contributed by atoms with van der Waals surface area (Å²) in [7, 11) is 0. The number of benzene rings is 1. The average Bonchev–Trinajstić information content (AvgIpc) is 2.80. The van der Waals surface area contributed by atoms with Crippen LogP contribution in [0.3, 0.4) is 0 Å². The van der Waals surface area contributed by atoms with Crippen LogP contribution in [0.2, 0.25) is 5.02 Å². The molecule has 0 bridgehead atoms. The van der Waals surface area contributed by atoms with E-state index in [1.807, 2.05) is 10.6 Å². The molecular formula is C12H9ClN2O2. The monoisotopic (exact) mass is 248 g/mol. The van der Waals surface area contributed by atoms with Crippen molar-refractivity contribution >= 4 is 23.6 Å². The zero-order chi connectivity index (χ0) is 12.3. The average molecular weight is 249 g/mol. The zero-order valence-corrected chi connectivity index (χ0v) is 9.50. The van der Waals surface area contributed by atoms with E-state index in [1.165, 1.54) is 6.08 Å². The van der Waals surface area contributed by atoms with Crippen molar-refractivity contribution in [1.82, 2.24) is 9.55 Å². The number of rotatable bonds is 3. The molecule has 0 saturated carbocycles. The number of aliphatic carboxylic acids is 1. The summed E-state index contributed by atoms with van der Waals surface area (Å²) in [5.74, 6) is -1.00. The molecule has 0 aliphatic rings. The highest BCUT2D eigenvalue weighted by Gasteiger charge is 2.01. The summed E-state index contributed by atoms with van der Waals surface area (Å²) in [5.41, 5.74) is 1.54. The molecule has 0 aliphatic carbocycles. The lowest BCUT2D eigenvalue weighted by Gasteiger charge is -2.04. The van der Waals surface area contributed by atoms with Crippen molar-refractivity contribution in [3.63, 3.8) is 0 Å². The van der Waals surface area contributed by atoms with Gasteiger partial charge in [-0.05, 0) is 23.8 Å². The second-order valence-corrected chi connectivity index (χ2v) is 3.75. The Bertz CT molecular complexity index is 562. The van der Waals surface area contributed by atoms with Gasteiger partial charge in [-0.2, -0.15) is 0 Å². The van der Waals surface area contributed by atoms with E-state index in [1.54, 1.807) is 30.9 Å². The third-order valence-electron chi connectivity index (χ3n) is 2.19. The highest BCUT2D eigenvalue weighted by Crippen LogP contribution is 2.21. The Hall–Kier alpha value is -2.07. The van der Waals surface area contributed by atoms with Crippen LogP contribution in [0.1, 0.15) is 5.56 Å². The topological polar surface area (TPSA) is 55.1 Å². The number of carbonyl (C=O) groups is 1. The largest absolute Gasteiger partial charge is 0.478 e. The number of hydrogen-bond donors (Lipinski definition) is 1. The van der Waals surface area contributed by atoms with Gasteiger partial charge in [-0.25, -0.2) is 9.78 Å². The Balaban J connectivity index is 2.32. The number of hydrogen-bond acceptors (Lipinski definition) is 2. The van der Waals surface area contributed by atoms with Crippen molar-refractivity contribution in [1.29, 1.82) is 0 Å². The predicted octanol–water partition coefficient (Wildman–Crippen LogP) is 2.62. The SMILES string of the molecule is O=C(O)/C=C/c1ccc(-n2ccnc2)cc1Cl. The minimum absolute atomic E-state index is 0.494. The fourth-order valence-corrected chi connectivity index (χ4v) is 1.62. The molecule has 86 valence electrons. The first-order valence-electron chi connectivity index (χ1n) is 4.86. The minimum Gasteiger partial charge on any atom is -0.478 e. The van der Waals surface area contributed by atoms with Gasteiger partial charge in [-0.3, -0.25) is 0 Å². The van der Waals surface area contributed by atoms with E-state index in [-0.39, 0.29) is 0 Å². The Labute approximate surface area is 103 Å². The highest BCUT2D eigenvalue weighted by molar-refractivity contribution is 6.32. The van der Waals surface area contributed by atoms with E-state index >= 15 is 0 Å². The fourth-order valence-electron chi connectivity index (χ4n) is 1.38. The highest BCUT2D eigenvalue weighted by atomic mass is 35.5. The minimum atomic E-state index is -1.00. The van der Waals surface area contributed by atoms with Crippen LogP contribution in [0.5, 0.6) is 0 Å². The molecule has 0 aliphatic heterocycles. The molecular weight excluding hydrogens is 240 g/mol. The van der Waals surface area contributed by atoms with Crippen molar-refractivity contribution < 1.29 is 9.90 Å². The summed E-state index contributed by atoms with van der Waals surface area (Å²) in [5, 5.41) is 9.02. The van der Waals surface area contributed by atoms with Crippen LogP contribution >= 0.6 is 11.6 Å². The number of nitrogens with zero attached hydrogens (tertiary/aromatic N) is 2. The first-order chi connectivity index (χ1) is 8.16. The van der Waals surface area contributed by atoms with Crippen LogP contribution < -0.4 is 0 Å². The maximum atomic E-state index is 10.4. The molecule has 0 atom stereocenters. The Morgan fingerprint density at radius 2 is 2.29 bits per heavy atom. The van der Waals surface area contributed by atoms with Crippen LogP contribution in [0.15, 0.2) is 43.0 Å². The quantitative estimate of drug-likeness (QED) is 0.850. The van der Waals surface area contributed by atoms with Gasteiger partial charge < -0.3 is 9.67 Å². The van der Waals surface area contributed by atoms with Gasteiger partial charge in [0.15, 0.2) is 0 Å². The zero-order valence-electron chi connectivity index (χ0n) is 8.75. The Kier molecular flexibility index (Phi) is 3.25. The molecule has 2 aromatic rings. The first-order valence-corrected chi connectivity index (χ1v) is 5.23. The molecule has 0 unspecified atom stereocenters. The molecule has 0 radical (unpaired) electrons. The van der Waals surface area contributed by atoms with Crippen LogP contribution in [0.4, 0.5) is 0 Å². The lowest BCUT2D eigenvalue weighted by molar-refractivity contribution is -0.131. The summed E-state index contributed by atoms with van der Waals surface area (Å²) in [6.45, 7) is 0. The van der Waals surface area contributed by atoms with E-state index < -0.39 is 5.97 Å². The number of imidazole rings is 1. The molecule has 1 N–H and O–H groups in total. The summed E-state index contributed by atoms with van der Waals surface area (Å²) in [6.07, 6.45) is 7.66. The van der Waals surface area contributed by atoms with E-state index in [0.717, 1.165) is 11.8 Å². The van der Waals surface area contributed by atoms with Gasteiger partial charge in [0.1, 0.15) is 0 Å². The van der Waals surface area contributed by atoms with Crippen LogP contribution in [-0.4, -0.2) is 20.6 Å². The lowest BCUT2D eigenvalue weighted by Crippen LogP contribution is -1.91. The molecule has 17 heavy (non-hydrogen) atoms. The first kappa shape index (κ1) is 11.4. The maximum Gasteiger partial charge on any atom is 0.328 e. The molecule has 2 rings (SSSR count). The van der Waals surface area contributed by atoms with Gasteiger partial charge in [0.2, 0.25) is 0 Å². The van der Waals surface area contributed by atoms with E-state index in [0.29, 0.717) is 10.6 Å². The maximum absolute atomic E-state index is 10.4. The second kappa shape index (κ2) is 4.84. The standard InChI is InChI=1S/C12H9ClN2O2/c13-11-7-10(15-6-5-14-8-15)3-1-9(11)2-4-12(16)17/h1-8H,(H,16,17)/b4-2+. The molecule has 0 saturated heterocycles. The number of halogens is 1. The molecule has 1 aromatic carbocycles. The normalized spacial score (nSPS) is 10.9. The van der Waals surface area contributed by atoms with Crippen molar-refractivity contribution in [2.75, 3.05) is 0 Å². The van der Waals surface area contributed by atoms with Gasteiger partial charge in [-0.15, -0.1) is 0 Å². The van der Waals surface area contributed by atoms with Crippen LogP contribution in [0, 0.1) is 0 Å². The summed E-state index contributed by atoms with van der Waals surface area (Å²) in [6, 6.07) is 5.36. The van der Waals surface area contributed by atoms with Crippen LogP contribution in [-0.2, 0) is 4.79 Å². The summed E-state index contributed by atoms with van der Waals surface area (Å²) >= 11 is 6.05. The molecule has 1 heterocycles. The molecule has 0 spiro atoms. The van der Waals surface area contributed by atoms with Crippen molar-refractivity contribution in [2.45, 2.75) is 0 Å². The summed E-state index contributed by atoms with van der Waals surface area (Å²) < 4.78 is 1.82. The molecule has 4 nitrogen and oxygen atoms in total. The van der Waals surface area contributed by atoms with E-state index in [4.69, 9.17) is 16.7 Å². The molecule has 5 heteroatoms. The van der Waals surface area contributed by atoms with Crippen molar-refractivity contribution in [2.24, 2.45) is 0 Å². The third kappa shape index (κ3) is 2.73. The smallest absolute Gasteiger partial charge is 0.328 e. The Morgan fingerprint density at radius 1 is 1.47 bits per heavy atom. The fraction of sp³-hybridized carbons (Fsp3) is 0. The van der Waals surface area contributed by atoms with Crippen molar-refractivity contribution in [3.05, 3.63) is 53.6 Å². The van der Waals surface area contributed by atoms with Gasteiger partial charge >= 0.3 is 5.97 Å². The van der Waals surface area contributed by atoms with E-state index in [9.17, 15) is 4.79 Å². The molecule has 0 fully saturated rings. The van der Waals surface area contributed by atoms with Crippen molar-refractivity contribution in [3.8, 4) is 5.69 Å². The Morgan fingerprint density at radius 3 is 2.88 bits per heavy atom. The number of carboxylic acid groups (broad SMARTS) is 1. The molecule has 0 amide bonds. The van der Waals surface area contributed by atoms with Gasteiger partial charge in [0, 0.05) is 29.2 Å². The predicted molar refractivity (Wildman–Crippen MR) is 65.2 cm³/mol. The van der Waals surface area contributed by atoms with Gasteiger partial charge in [-0.1, -0.05) is 17.7 Å². The van der Waals surface area contributed by atoms with Gasteiger partial charge in [0.25, 0.3) is 0 Å². The van der Waals surface area contributed by atoms with Gasteiger partial charge in [0.05, 0.1) is 6.33 Å². The summed E-state index contributed by atoms with van der Waals surface area (Å²) in [4.78, 5) is 14.3.